The van der Waals surface area contributed by atoms with Crippen molar-refractivity contribution in [2.75, 3.05) is 4.90 Å². The molecule has 0 radical (unpaired) electrons. The van der Waals surface area contributed by atoms with Gasteiger partial charge in [-0.25, -0.2) is 0 Å². The standard InChI is InChI=1S/C50H33NO2/c1-50(43-18-8-5-14-37(43)38-15-6-9-19-44(38)50)45-20-11-17-40-42-31-36(27-29-48(42)53-49(40)45)51(34-24-22-33(23-25-34)32-12-3-2-4-13-32)35-26-28-47-41(30-35)39-16-7-10-21-46(39)52-47/h2-31H,1H3. The minimum absolute atomic E-state index is 0.362. The first-order valence-corrected chi connectivity index (χ1v) is 18.2. The molecule has 0 fully saturated rings. The van der Waals surface area contributed by atoms with Crippen molar-refractivity contribution in [2.45, 2.75) is 12.3 Å². The van der Waals surface area contributed by atoms with Crippen molar-refractivity contribution in [3.8, 4) is 22.3 Å². The zero-order valence-electron chi connectivity index (χ0n) is 29.1. The SMILES string of the molecule is CC1(c2cccc3c2oc2ccc(N(c4ccc(-c5ccccc5)cc4)c4ccc5oc6ccccc6c5c4)cc23)c2ccccc2-c2ccccc21. The van der Waals surface area contributed by atoms with Gasteiger partial charge in [0.15, 0.2) is 0 Å². The van der Waals surface area contributed by atoms with E-state index in [1.54, 1.807) is 0 Å². The second-order valence-corrected chi connectivity index (χ2v) is 14.2. The highest BCUT2D eigenvalue weighted by Crippen LogP contribution is 2.54. The third-order valence-corrected chi connectivity index (χ3v) is 11.4. The van der Waals surface area contributed by atoms with Crippen LogP contribution in [0.3, 0.4) is 0 Å². The van der Waals surface area contributed by atoms with Crippen LogP contribution in [0.2, 0.25) is 0 Å². The van der Waals surface area contributed by atoms with E-state index in [1.807, 2.05) is 12.1 Å². The van der Waals surface area contributed by atoms with Crippen LogP contribution in [-0.4, -0.2) is 0 Å². The number of anilines is 3. The molecule has 1 aliphatic carbocycles. The second kappa shape index (κ2) is 11.3. The molecule has 10 aromatic rings. The highest BCUT2D eigenvalue weighted by atomic mass is 16.3. The summed E-state index contributed by atoms with van der Waals surface area (Å²) in [5.41, 5.74) is 15.1. The molecule has 250 valence electrons. The number of fused-ring (bicyclic) bond motifs is 9. The number of para-hydroxylation sites is 2. The van der Waals surface area contributed by atoms with Crippen LogP contribution in [0.15, 0.2) is 191 Å². The van der Waals surface area contributed by atoms with Gasteiger partial charge in [-0.05, 0) is 94.9 Å². The van der Waals surface area contributed by atoms with Crippen LogP contribution in [0.1, 0.15) is 23.6 Å². The van der Waals surface area contributed by atoms with Gasteiger partial charge in [0.1, 0.15) is 22.3 Å². The Morgan fingerprint density at radius 3 is 1.60 bits per heavy atom. The normalized spacial score (nSPS) is 13.2. The van der Waals surface area contributed by atoms with Gasteiger partial charge in [0, 0.05) is 49.6 Å². The first-order chi connectivity index (χ1) is 26.1. The van der Waals surface area contributed by atoms with E-state index in [2.05, 4.69) is 182 Å². The van der Waals surface area contributed by atoms with Crippen molar-refractivity contribution in [2.24, 2.45) is 0 Å². The largest absolute Gasteiger partial charge is 0.456 e. The molecule has 2 heterocycles. The summed E-state index contributed by atoms with van der Waals surface area (Å²) >= 11 is 0. The van der Waals surface area contributed by atoms with Crippen LogP contribution < -0.4 is 4.90 Å². The maximum Gasteiger partial charge on any atom is 0.139 e. The van der Waals surface area contributed by atoms with E-state index in [0.717, 1.165) is 60.9 Å². The van der Waals surface area contributed by atoms with Crippen molar-refractivity contribution in [1.82, 2.24) is 0 Å². The lowest BCUT2D eigenvalue weighted by Crippen LogP contribution is -2.22. The van der Waals surface area contributed by atoms with Crippen LogP contribution in [-0.2, 0) is 5.41 Å². The number of hydrogen-bond acceptors (Lipinski definition) is 3. The fourth-order valence-corrected chi connectivity index (χ4v) is 8.80. The van der Waals surface area contributed by atoms with Crippen LogP contribution in [0, 0.1) is 0 Å². The molecule has 3 nitrogen and oxygen atoms in total. The molecule has 0 unspecified atom stereocenters. The van der Waals surface area contributed by atoms with Crippen molar-refractivity contribution < 1.29 is 8.83 Å². The first-order valence-electron chi connectivity index (χ1n) is 18.2. The number of furan rings is 2. The van der Waals surface area contributed by atoms with Gasteiger partial charge >= 0.3 is 0 Å². The molecule has 0 bridgehead atoms. The average Bonchev–Trinajstić information content (AvgIpc) is 3.87. The lowest BCUT2D eigenvalue weighted by atomic mass is 9.74. The minimum atomic E-state index is -0.362. The molecule has 8 aromatic carbocycles. The van der Waals surface area contributed by atoms with Gasteiger partial charge in [0.2, 0.25) is 0 Å². The lowest BCUT2D eigenvalue weighted by Gasteiger charge is -2.28. The smallest absolute Gasteiger partial charge is 0.139 e. The molecule has 0 atom stereocenters. The van der Waals surface area contributed by atoms with Gasteiger partial charge in [0.05, 0.1) is 0 Å². The van der Waals surface area contributed by atoms with Crippen LogP contribution in [0.4, 0.5) is 17.1 Å². The van der Waals surface area contributed by atoms with Gasteiger partial charge in [-0.1, -0.05) is 127 Å². The monoisotopic (exact) mass is 679 g/mol. The molecule has 0 spiro atoms. The number of benzene rings is 8. The Morgan fingerprint density at radius 1 is 0.377 bits per heavy atom. The van der Waals surface area contributed by atoms with Gasteiger partial charge < -0.3 is 13.7 Å². The minimum Gasteiger partial charge on any atom is -0.456 e. The van der Waals surface area contributed by atoms with Gasteiger partial charge in [-0.2, -0.15) is 0 Å². The van der Waals surface area contributed by atoms with Crippen molar-refractivity contribution in [3.05, 3.63) is 199 Å². The molecule has 11 rings (SSSR count). The highest BCUT2D eigenvalue weighted by molar-refractivity contribution is 6.09. The third-order valence-electron chi connectivity index (χ3n) is 11.4. The summed E-state index contributed by atoms with van der Waals surface area (Å²) in [6, 6.07) is 65.0. The molecule has 2 aromatic heterocycles. The maximum atomic E-state index is 6.87. The van der Waals surface area contributed by atoms with Crippen LogP contribution in [0.5, 0.6) is 0 Å². The number of nitrogens with zero attached hydrogens (tertiary/aromatic N) is 1. The number of hydrogen-bond donors (Lipinski definition) is 0. The van der Waals surface area contributed by atoms with Gasteiger partial charge in [0.25, 0.3) is 0 Å². The topological polar surface area (TPSA) is 29.5 Å². The Labute approximate surface area is 307 Å². The Kier molecular flexibility index (Phi) is 6.38. The zero-order chi connectivity index (χ0) is 35.1. The Hall–Kier alpha value is -6.84. The van der Waals surface area contributed by atoms with E-state index in [4.69, 9.17) is 8.83 Å². The third kappa shape index (κ3) is 4.41. The van der Waals surface area contributed by atoms with E-state index >= 15 is 0 Å². The van der Waals surface area contributed by atoms with E-state index in [-0.39, 0.29) is 5.41 Å². The van der Waals surface area contributed by atoms with Crippen molar-refractivity contribution in [3.63, 3.8) is 0 Å². The molecule has 3 heteroatoms. The highest BCUT2D eigenvalue weighted by Gasteiger charge is 2.42. The van der Waals surface area contributed by atoms with E-state index in [9.17, 15) is 0 Å². The summed E-state index contributed by atoms with van der Waals surface area (Å²) < 4.78 is 13.1. The number of rotatable bonds is 5. The quantitative estimate of drug-likeness (QED) is 0.181. The van der Waals surface area contributed by atoms with E-state index in [1.165, 1.54) is 38.9 Å². The second-order valence-electron chi connectivity index (χ2n) is 14.2. The Morgan fingerprint density at radius 2 is 0.887 bits per heavy atom. The van der Waals surface area contributed by atoms with E-state index < -0.39 is 0 Å². The summed E-state index contributed by atoms with van der Waals surface area (Å²) in [6.07, 6.45) is 0. The molecule has 0 N–H and O–H groups in total. The first kappa shape index (κ1) is 29.8. The molecule has 53 heavy (non-hydrogen) atoms. The summed E-state index contributed by atoms with van der Waals surface area (Å²) in [5.74, 6) is 0. The van der Waals surface area contributed by atoms with Crippen molar-refractivity contribution >= 4 is 60.9 Å². The zero-order valence-corrected chi connectivity index (χ0v) is 29.1. The average molecular weight is 680 g/mol. The van der Waals surface area contributed by atoms with E-state index in [0.29, 0.717) is 0 Å². The maximum absolute atomic E-state index is 6.87. The van der Waals surface area contributed by atoms with Crippen LogP contribution >= 0.6 is 0 Å². The molecule has 0 saturated carbocycles. The summed E-state index contributed by atoms with van der Waals surface area (Å²) in [4.78, 5) is 2.34. The molecule has 0 aliphatic heterocycles. The van der Waals surface area contributed by atoms with Crippen LogP contribution in [0.25, 0.3) is 66.1 Å². The Balaban J connectivity index is 1.10. The molecule has 0 saturated heterocycles. The summed E-state index contributed by atoms with van der Waals surface area (Å²) in [7, 11) is 0. The molecule has 0 amide bonds. The fraction of sp³-hybridized carbons (Fsp3) is 0.0400. The molecular weight excluding hydrogens is 647 g/mol. The lowest BCUT2D eigenvalue weighted by molar-refractivity contribution is 0.638. The molecular formula is C50H33NO2. The summed E-state index contributed by atoms with van der Waals surface area (Å²) in [6.45, 7) is 2.35. The predicted molar refractivity (Wildman–Crippen MR) is 219 cm³/mol. The van der Waals surface area contributed by atoms with Gasteiger partial charge in [-0.3, -0.25) is 0 Å². The summed E-state index contributed by atoms with van der Waals surface area (Å²) in [5, 5.41) is 4.39. The fourth-order valence-electron chi connectivity index (χ4n) is 8.80. The van der Waals surface area contributed by atoms with Gasteiger partial charge in [-0.15, -0.1) is 0 Å². The molecule has 1 aliphatic rings. The van der Waals surface area contributed by atoms with Crippen molar-refractivity contribution in [1.29, 1.82) is 0 Å². The Bertz CT molecular complexity index is 2980. The predicted octanol–water partition coefficient (Wildman–Crippen LogP) is 14.0.